The molecule has 0 fully saturated rings. The predicted molar refractivity (Wildman–Crippen MR) is 168 cm³/mol. The Morgan fingerprint density at radius 1 is 0.238 bits per heavy atom. The zero-order valence-electron chi connectivity index (χ0n) is 22.7. The maximum Gasteiger partial charge on any atom is 0.0709 e. The first-order chi connectivity index (χ1) is 20.8. The quantitative estimate of drug-likeness (QED) is 0.212. The summed E-state index contributed by atoms with van der Waals surface area (Å²) in [5.41, 5.74) is 11.6. The van der Waals surface area contributed by atoms with E-state index in [0.29, 0.717) is 0 Å². The second-order valence-corrected chi connectivity index (χ2v) is 9.88. The van der Waals surface area contributed by atoms with Gasteiger partial charge in [0, 0.05) is 58.8 Å². The van der Waals surface area contributed by atoms with Crippen LogP contribution in [-0.4, -0.2) is 24.9 Å². The summed E-state index contributed by atoms with van der Waals surface area (Å²) in [6.07, 6.45) is 9.14. The van der Waals surface area contributed by atoms with Crippen molar-refractivity contribution in [1.82, 2.24) is 24.9 Å². The van der Waals surface area contributed by atoms with Gasteiger partial charge in [0.05, 0.1) is 28.5 Å². The van der Waals surface area contributed by atoms with Crippen LogP contribution in [0.4, 0.5) is 0 Å². The van der Waals surface area contributed by atoms with Crippen molar-refractivity contribution in [2.75, 3.05) is 0 Å². The molecule has 2 aromatic carbocycles. The van der Waals surface area contributed by atoms with E-state index in [0.717, 1.165) is 67.4 Å². The largest absolute Gasteiger partial charge is 0.256 e. The number of rotatable bonds is 6. The zero-order valence-corrected chi connectivity index (χ0v) is 22.7. The number of hydrogen-bond donors (Lipinski definition) is 0. The summed E-state index contributed by atoms with van der Waals surface area (Å²) in [6.45, 7) is 0. The minimum atomic E-state index is 0.848. The highest BCUT2D eigenvalue weighted by molar-refractivity contribution is 5.81. The summed E-state index contributed by atoms with van der Waals surface area (Å²) in [6, 6.07) is 40.9. The lowest BCUT2D eigenvalue weighted by molar-refractivity contribution is 1.27. The summed E-state index contributed by atoms with van der Waals surface area (Å²) < 4.78 is 0. The maximum absolute atomic E-state index is 4.77. The summed E-state index contributed by atoms with van der Waals surface area (Å²) >= 11 is 0. The molecule has 5 heterocycles. The Morgan fingerprint density at radius 2 is 0.643 bits per heavy atom. The third-order valence-corrected chi connectivity index (χ3v) is 7.13. The monoisotopic (exact) mass is 539 g/mol. The van der Waals surface area contributed by atoms with E-state index in [-0.39, 0.29) is 0 Å². The molecule has 0 unspecified atom stereocenters. The van der Waals surface area contributed by atoms with E-state index < -0.39 is 0 Å². The Bertz CT molecular complexity index is 1730. The van der Waals surface area contributed by atoms with E-state index in [1.165, 1.54) is 0 Å². The average molecular weight is 540 g/mol. The third kappa shape index (κ3) is 5.31. The van der Waals surface area contributed by atoms with Crippen LogP contribution in [0.5, 0.6) is 0 Å². The van der Waals surface area contributed by atoms with Crippen molar-refractivity contribution in [2.24, 2.45) is 0 Å². The molecular weight excluding hydrogens is 514 g/mol. The predicted octanol–water partition coefficient (Wildman–Crippen LogP) is 8.66. The Labute approximate surface area is 244 Å². The highest BCUT2D eigenvalue weighted by Crippen LogP contribution is 2.34. The van der Waals surface area contributed by atoms with Gasteiger partial charge in [-0.1, -0.05) is 42.5 Å². The summed E-state index contributed by atoms with van der Waals surface area (Å²) in [5.74, 6) is 0. The first-order valence-corrected chi connectivity index (χ1v) is 13.7. The minimum absolute atomic E-state index is 0.848. The average Bonchev–Trinajstić information content (AvgIpc) is 3.09. The third-order valence-electron chi connectivity index (χ3n) is 7.13. The van der Waals surface area contributed by atoms with Crippen molar-refractivity contribution in [3.8, 4) is 67.4 Å². The Kier molecular flexibility index (Phi) is 6.81. The second kappa shape index (κ2) is 11.4. The first kappa shape index (κ1) is 25.2. The Hall–Kier alpha value is -5.81. The van der Waals surface area contributed by atoms with Gasteiger partial charge in [-0.3, -0.25) is 24.9 Å². The van der Waals surface area contributed by atoms with Gasteiger partial charge in [-0.15, -0.1) is 0 Å². The Morgan fingerprint density at radius 3 is 1.10 bits per heavy atom. The molecule has 0 amide bonds. The van der Waals surface area contributed by atoms with Crippen molar-refractivity contribution in [3.05, 3.63) is 152 Å². The molecule has 5 nitrogen and oxygen atoms in total. The SMILES string of the molecule is c1ccc(-c2ccnc(-c3cc(-c4cc(-c5ccccn5)ccn4)cc(-c4cc(-c5ccccn5)ccn4)c3)c2)cc1. The second-order valence-electron chi connectivity index (χ2n) is 9.88. The zero-order chi connectivity index (χ0) is 28.1. The van der Waals surface area contributed by atoms with Crippen LogP contribution in [0.15, 0.2) is 152 Å². The molecule has 5 aromatic heterocycles. The number of aromatic nitrogens is 5. The molecule has 0 atom stereocenters. The van der Waals surface area contributed by atoms with Gasteiger partial charge in [-0.25, -0.2) is 0 Å². The molecule has 0 radical (unpaired) electrons. The lowest BCUT2D eigenvalue weighted by atomic mass is 9.96. The van der Waals surface area contributed by atoms with E-state index in [1.54, 1.807) is 12.4 Å². The number of hydrogen-bond acceptors (Lipinski definition) is 5. The minimum Gasteiger partial charge on any atom is -0.256 e. The lowest BCUT2D eigenvalue weighted by Gasteiger charge is -2.12. The van der Waals surface area contributed by atoms with E-state index in [9.17, 15) is 0 Å². The molecule has 42 heavy (non-hydrogen) atoms. The van der Waals surface area contributed by atoms with Crippen molar-refractivity contribution in [2.45, 2.75) is 0 Å². The fourth-order valence-electron chi connectivity index (χ4n) is 5.03. The van der Waals surface area contributed by atoms with E-state index in [4.69, 9.17) is 15.0 Å². The van der Waals surface area contributed by atoms with E-state index in [2.05, 4.69) is 70.6 Å². The van der Waals surface area contributed by atoms with Gasteiger partial charge in [0.15, 0.2) is 0 Å². The van der Waals surface area contributed by atoms with Crippen LogP contribution in [-0.2, 0) is 0 Å². The van der Waals surface area contributed by atoms with Crippen molar-refractivity contribution in [1.29, 1.82) is 0 Å². The van der Waals surface area contributed by atoms with E-state index in [1.807, 2.05) is 79.3 Å². The molecule has 0 aliphatic rings. The van der Waals surface area contributed by atoms with Crippen molar-refractivity contribution in [3.63, 3.8) is 0 Å². The highest BCUT2D eigenvalue weighted by atomic mass is 14.7. The smallest absolute Gasteiger partial charge is 0.0709 e. The molecule has 198 valence electrons. The molecule has 7 aromatic rings. The van der Waals surface area contributed by atoms with Crippen LogP contribution < -0.4 is 0 Å². The van der Waals surface area contributed by atoms with Gasteiger partial charge in [-0.05, 0) is 90.0 Å². The topological polar surface area (TPSA) is 64.5 Å². The van der Waals surface area contributed by atoms with Gasteiger partial charge in [0.1, 0.15) is 0 Å². The molecular formula is C37H25N5. The molecule has 0 saturated heterocycles. The van der Waals surface area contributed by atoms with Crippen LogP contribution in [0.2, 0.25) is 0 Å². The first-order valence-electron chi connectivity index (χ1n) is 13.7. The fourth-order valence-corrected chi connectivity index (χ4v) is 5.03. The molecule has 0 saturated carbocycles. The van der Waals surface area contributed by atoms with Gasteiger partial charge in [0.2, 0.25) is 0 Å². The van der Waals surface area contributed by atoms with Crippen LogP contribution in [0.25, 0.3) is 67.4 Å². The van der Waals surface area contributed by atoms with Gasteiger partial charge < -0.3 is 0 Å². The van der Waals surface area contributed by atoms with Crippen LogP contribution >= 0.6 is 0 Å². The normalized spacial score (nSPS) is 10.9. The van der Waals surface area contributed by atoms with Crippen LogP contribution in [0.3, 0.4) is 0 Å². The molecule has 0 aliphatic heterocycles. The number of pyridine rings is 5. The summed E-state index contributed by atoms with van der Waals surface area (Å²) in [7, 11) is 0. The summed E-state index contributed by atoms with van der Waals surface area (Å²) in [4.78, 5) is 23.4. The van der Waals surface area contributed by atoms with E-state index >= 15 is 0 Å². The Balaban J connectivity index is 1.38. The maximum atomic E-state index is 4.77. The molecule has 5 heteroatoms. The fraction of sp³-hybridized carbons (Fsp3) is 0. The van der Waals surface area contributed by atoms with Gasteiger partial charge in [-0.2, -0.15) is 0 Å². The van der Waals surface area contributed by atoms with Gasteiger partial charge >= 0.3 is 0 Å². The molecule has 0 N–H and O–H groups in total. The number of nitrogens with zero attached hydrogens (tertiary/aromatic N) is 5. The number of benzene rings is 2. The van der Waals surface area contributed by atoms with Crippen molar-refractivity contribution >= 4 is 0 Å². The van der Waals surface area contributed by atoms with Crippen molar-refractivity contribution < 1.29 is 0 Å². The highest BCUT2D eigenvalue weighted by Gasteiger charge is 2.13. The molecule has 0 spiro atoms. The standard InChI is InChI=1S/C37H25N5/c1-2-8-26(9-3-1)27-12-17-40-35(23-27)30-20-31(36-24-28(13-18-41-36)33-10-4-6-15-38-33)22-32(21-30)37-25-29(14-19-42-37)34-11-5-7-16-39-34/h1-25H. The summed E-state index contributed by atoms with van der Waals surface area (Å²) in [5, 5.41) is 0. The molecule has 0 bridgehead atoms. The van der Waals surface area contributed by atoms with Crippen LogP contribution in [0.1, 0.15) is 0 Å². The molecule has 0 aliphatic carbocycles. The van der Waals surface area contributed by atoms with Crippen LogP contribution in [0, 0.1) is 0 Å². The molecule has 7 rings (SSSR count). The van der Waals surface area contributed by atoms with Gasteiger partial charge in [0.25, 0.3) is 0 Å². The lowest BCUT2D eigenvalue weighted by Crippen LogP contribution is -1.93.